The summed E-state index contributed by atoms with van der Waals surface area (Å²) in [6.45, 7) is -1.08. The van der Waals surface area contributed by atoms with Crippen LogP contribution in [0.5, 0.6) is 0 Å². The minimum atomic E-state index is -2.57. The Hall–Kier alpha value is -6.29. The molecule has 0 aliphatic heterocycles. The molecule has 16 heteroatoms. The molecule has 0 bridgehead atoms. The number of nitrogens with zero attached hydrogens (tertiary/aromatic N) is 9. The first-order valence-electron chi connectivity index (χ1n) is 16.2. The van der Waals surface area contributed by atoms with Crippen LogP contribution in [0.3, 0.4) is 0 Å². The lowest BCUT2D eigenvalue weighted by atomic mass is 10.1. The van der Waals surface area contributed by atoms with Gasteiger partial charge in [0.2, 0.25) is 0 Å². The van der Waals surface area contributed by atoms with Gasteiger partial charge in [-0.15, -0.1) is 0 Å². The highest BCUT2D eigenvalue weighted by atomic mass is 19.3. The molecule has 0 saturated carbocycles. The molecule has 0 radical (unpaired) electrons. The third kappa shape index (κ3) is 7.53. The van der Waals surface area contributed by atoms with Gasteiger partial charge in [-0.3, -0.25) is 0 Å². The largest absolute Gasteiger partial charge is 0.396 e. The quantitative estimate of drug-likeness (QED) is 0.147. The van der Waals surface area contributed by atoms with Gasteiger partial charge in [0.05, 0.1) is 60.4 Å². The number of aromatic nitrogens is 9. The van der Waals surface area contributed by atoms with Gasteiger partial charge < -0.3 is 18.6 Å². The number of hydrogen-bond donors (Lipinski definition) is 1. The topological polar surface area (TPSA) is 103 Å². The van der Waals surface area contributed by atoms with Crippen molar-refractivity contribution >= 4 is 11.3 Å². The van der Waals surface area contributed by atoms with Gasteiger partial charge in [0.25, 0.3) is 12.9 Å². The van der Waals surface area contributed by atoms with Crippen LogP contribution < -0.4 is 0 Å². The van der Waals surface area contributed by atoms with Crippen molar-refractivity contribution in [2.75, 3.05) is 6.61 Å². The average molecular weight is 730 g/mol. The van der Waals surface area contributed by atoms with Crippen LogP contribution in [-0.4, -0.2) is 67.6 Å². The van der Waals surface area contributed by atoms with Crippen molar-refractivity contribution in [1.29, 1.82) is 0 Å². The van der Waals surface area contributed by atoms with Crippen molar-refractivity contribution in [3.05, 3.63) is 128 Å². The van der Waals surface area contributed by atoms with Gasteiger partial charge in [-0.25, -0.2) is 50.8 Å². The van der Waals surface area contributed by atoms with Gasteiger partial charge in [0.15, 0.2) is 5.65 Å². The van der Waals surface area contributed by atoms with Crippen LogP contribution in [0.25, 0.3) is 56.5 Å². The zero-order valence-electron chi connectivity index (χ0n) is 27.6. The van der Waals surface area contributed by atoms with E-state index < -0.39 is 31.8 Å². The molecule has 6 heterocycles. The minimum absolute atomic E-state index is 0.0656. The fourth-order valence-electron chi connectivity index (χ4n) is 5.94. The zero-order valence-corrected chi connectivity index (χ0v) is 27.6. The molecule has 0 atom stereocenters. The first-order chi connectivity index (χ1) is 25.7. The molecule has 53 heavy (non-hydrogen) atoms. The summed E-state index contributed by atoms with van der Waals surface area (Å²) in [5, 5.41) is 13.7. The highest BCUT2D eigenvalue weighted by Crippen LogP contribution is 2.33. The second-order valence-electron chi connectivity index (χ2n) is 11.8. The SMILES string of the molecule is Fc1ccc(-c2ncn(CC(F)F)c2-c2ccc3nccn3c2)cc1.OCCc1cnc2ccc(-c3c(-c4ccc(F)cc4)ncn3CC(F)F)nn12. The van der Waals surface area contributed by atoms with Crippen molar-refractivity contribution in [1.82, 2.24) is 43.1 Å². The van der Waals surface area contributed by atoms with E-state index in [0.717, 1.165) is 11.2 Å². The van der Waals surface area contributed by atoms with Crippen LogP contribution in [0.2, 0.25) is 0 Å². The summed E-state index contributed by atoms with van der Waals surface area (Å²) >= 11 is 0. The van der Waals surface area contributed by atoms with Gasteiger partial charge in [0, 0.05) is 48.3 Å². The van der Waals surface area contributed by atoms with Crippen molar-refractivity contribution in [2.45, 2.75) is 32.4 Å². The number of hydrogen-bond acceptors (Lipinski definition) is 6. The van der Waals surface area contributed by atoms with Crippen LogP contribution in [0.4, 0.5) is 26.3 Å². The molecule has 0 aliphatic rings. The number of benzene rings is 2. The molecule has 0 saturated heterocycles. The third-order valence-electron chi connectivity index (χ3n) is 8.29. The predicted molar refractivity (Wildman–Crippen MR) is 184 cm³/mol. The minimum Gasteiger partial charge on any atom is -0.396 e. The lowest BCUT2D eigenvalue weighted by Crippen LogP contribution is -2.09. The Bertz CT molecular complexity index is 2470. The van der Waals surface area contributed by atoms with Gasteiger partial charge in [-0.05, 0) is 72.8 Å². The van der Waals surface area contributed by atoms with E-state index in [9.17, 15) is 31.4 Å². The van der Waals surface area contributed by atoms with E-state index in [2.05, 4.69) is 25.0 Å². The molecule has 0 aliphatic carbocycles. The molecule has 0 amide bonds. The van der Waals surface area contributed by atoms with Crippen molar-refractivity contribution in [3.63, 3.8) is 0 Å². The number of aliphatic hydroxyl groups excluding tert-OH is 1. The second kappa shape index (κ2) is 15.1. The van der Waals surface area contributed by atoms with Crippen molar-refractivity contribution in [3.8, 4) is 45.2 Å². The van der Waals surface area contributed by atoms with Crippen LogP contribution in [0, 0.1) is 11.6 Å². The average Bonchev–Trinajstić information content (AvgIpc) is 3.95. The fourth-order valence-corrected chi connectivity index (χ4v) is 5.94. The maximum atomic E-state index is 13.3. The molecule has 2 aromatic carbocycles. The van der Waals surface area contributed by atoms with E-state index >= 15 is 0 Å². The Balaban J connectivity index is 0.000000165. The summed E-state index contributed by atoms with van der Waals surface area (Å²) in [6.07, 6.45) is 4.86. The molecule has 1 N–H and O–H groups in total. The van der Waals surface area contributed by atoms with Crippen LogP contribution >= 0.6 is 0 Å². The van der Waals surface area contributed by atoms with Crippen LogP contribution in [-0.2, 0) is 19.5 Å². The van der Waals surface area contributed by atoms with Gasteiger partial charge in [0.1, 0.15) is 23.0 Å². The standard InChI is InChI=1S/C19H16F3N5O.C18H13F3N4/c20-13-3-1-12(2-4-13)18-19(26(11-24-18)10-16(21)22)15-5-6-17-23-9-14(7-8-28)27(17)25-15;19-14-4-1-12(2-5-14)17-18(25(11-23-17)10-15(20)21)13-3-6-16-22-7-8-24(16)9-13/h1-6,9,11,16,28H,7-8,10H2;1-9,11,15H,10H2. The molecule has 0 spiro atoms. The fraction of sp³-hybridized carbons (Fsp3) is 0.162. The zero-order chi connectivity index (χ0) is 37.1. The Morgan fingerprint density at radius 2 is 1.19 bits per heavy atom. The molecule has 6 aromatic heterocycles. The van der Waals surface area contributed by atoms with Gasteiger partial charge >= 0.3 is 0 Å². The van der Waals surface area contributed by atoms with Gasteiger partial charge in [-0.2, -0.15) is 5.10 Å². The number of pyridine rings is 1. The molecule has 8 aromatic rings. The maximum absolute atomic E-state index is 13.3. The molecular weight excluding hydrogens is 700 g/mol. The summed E-state index contributed by atoms with van der Waals surface area (Å²) in [6, 6.07) is 18.5. The van der Waals surface area contributed by atoms with E-state index in [0.29, 0.717) is 57.4 Å². The molecule has 0 unspecified atom stereocenters. The smallest absolute Gasteiger partial charge is 0.256 e. The monoisotopic (exact) mass is 729 g/mol. The van der Waals surface area contributed by atoms with E-state index in [1.807, 2.05) is 22.7 Å². The number of halogens is 6. The van der Waals surface area contributed by atoms with E-state index in [4.69, 9.17) is 0 Å². The van der Waals surface area contributed by atoms with E-state index in [-0.39, 0.29) is 12.4 Å². The molecule has 270 valence electrons. The lowest BCUT2D eigenvalue weighted by Gasteiger charge is -2.11. The number of rotatable bonds is 10. The van der Waals surface area contributed by atoms with Gasteiger partial charge in [-0.1, -0.05) is 0 Å². The maximum Gasteiger partial charge on any atom is 0.256 e. The van der Waals surface area contributed by atoms with Crippen molar-refractivity contribution in [2.24, 2.45) is 0 Å². The number of alkyl halides is 4. The summed E-state index contributed by atoms with van der Waals surface area (Å²) in [4.78, 5) is 17.0. The Kier molecular flexibility index (Phi) is 10.0. The Labute approximate surface area is 297 Å². The van der Waals surface area contributed by atoms with E-state index in [1.165, 1.54) is 46.1 Å². The number of imidazole rings is 4. The number of fused-ring (bicyclic) bond motifs is 2. The highest BCUT2D eigenvalue weighted by Gasteiger charge is 2.21. The van der Waals surface area contributed by atoms with E-state index in [1.54, 1.807) is 59.5 Å². The summed E-state index contributed by atoms with van der Waals surface area (Å²) in [7, 11) is 0. The van der Waals surface area contributed by atoms with Crippen LogP contribution in [0.1, 0.15) is 5.69 Å². The Morgan fingerprint density at radius 1 is 0.623 bits per heavy atom. The predicted octanol–water partition coefficient (Wildman–Crippen LogP) is 7.47. The normalized spacial score (nSPS) is 11.6. The highest BCUT2D eigenvalue weighted by molar-refractivity contribution is 5.79. The Morgan fingerprint density at radius 3 is 1.79 bits per heavy atom. The lowest BCUT2D eigenvalue weighted by molar-refractivity contribution is 0.126. The summed E-state index contributed by atoms with van der Waals surface area (Å²) in [5.41, 5.74) is 6.34. The first-order valence-corrected chi connectivity index (χ1v) is 16.2. The third-order valence-corrected chi connectivity index (χ3v) is 8.29. The molecule has 10 nitrogen and oxygen atoms in total. The number of aliphatic hydroxyl groups is 1. The molecule has 0 fully saturated rings. The first kappa shape index (κ1) is 35.1. The molecule has 8 rings (SSSR count). The summed E-state index contributed by atoms with van der Waals surface area (Å²) < 4.78 is 84.7. The molecular formula is C37H29F6N9O. The van der Waals surface area contributed by atoms with Crippen LogP contribution in [0.15, 0.2) is 110 Å². The van der Waals surface area contributed by atoms with Crippen molar-refractivity contribution < 1.29 is 31.4 Å². The second-order valence-corrected chi connectivity index (χ2v) is 11.8. The summed E-state index contributed by atoms with van der Waals surface area (Å²) in [5.74, 6) is -0.763.